The minimum Gasteiger partial charge on any atom is -0.389 e. The summed E-state index contributed by atoms with van der Waals surface area (Å²) in [6, 6.07) is 4.26. The number of pyridine rings is 1. The first-order valence-electron chi connectivity index (χ1n) is 4.85. The Morgan fingerprint density at radius 1 is 1.65 bits per heavy atom. The maximum atomic E-state index is 10.6. The lowest BCUT2D eigenvalue weighted by Crippen LogP contribution is -2.29. The van der Waals surface area contributed by atoms with Gasteiger partial charge < -0.3 is 10.4 Å². The molecule has 17 heavy (non-hydrogen) atoms. The fourth-order valence-corrected chi connectivity index (χ4v) is 1.09. The zero-order valence-electron chi connectivity index (χ0n) is 9.47. The van der Waals surface area contributed by atoms with Crippen LogP contribution in [0.15, 0.2) is 12.1 Å². The van der Waals surface area contributed by atoms with Gasteiger partial charge in [-0.05, 0) is 19.9 Å². The van der Waals surface area contributed by atoms with E-state index >= 15 is 0 Å². The first-order chi connectivity index (χ1) is 7.83. The summed E-state index contributed by atoms with van der Waals surface area (Å²) in [4.78, 5) is 13.7. The number of nitro groups is 1. The average Bonchev–Trinajstić information content (AvgIpc) is 2.24. The second-order valence-electron chi connectivity index (χ2n) is 4.10. The van der Waals surface area contributed by atoms with Crippen LogP contribution < -0.4 is 5.32 Å². The highest BCUT2D eigenvalue weighted by Gasteiger charge is 2.17. The van der Waals surface area contributed by atoms with Crippen LogP contribution in [0.5, 0.6) is 0 Å². The van der Waals surface area contributed by atoms with Crippen molar-refractivity contribution in [2.75, 3.05) is 11.9 Å². The maximum absolute atomic E-state index is 10.6. The van der Waals surface area contributed by atoms with Gasteiger partial charge in [0.15, 0.2) is 0 Å². The fraction of sp³-hybridized carbons (Fsp3) is 0.400. The molecule has 7 heteroatoms. The molecule has 0 fully saturated rings. The third kappa shape index (κ3) is 3.70. The number of anilines is 1. The number of nitrogens with one attached hydrogen (secondary N) is 1. The van der Waals surface area contributed by atoms with Crippen LogP contribution >= 0.6 is 0 Å². The van der Waals surface area contributed by atoms with Crippen LogP contribution in [0.25, 0.3) is 0 Å². The van der Waals surface area contributed by atoms with Crippen molar-refractivity contribution in [3.63, 3.8) is 0 Å². The van der Waals surface area contributed by atoms with E-state index < -0.39 is 10.5 Å². The Labute approximate surface area is 97.9 Å². The molecule has 1 rings (SSSR count). The van der Waals surface area contributed by atoms with Gasteiger partial charge in [0.05, 0.1) is 10.5 Å². The predicted molar refractivity (Wildman–Crippen MR) is 60.4 cm³/mol. The number of aliphatic hydroxyl groups is 1. The van der Waals surface area contributed by atoms with E-state index in [4.69, 9.17) is 5.26 Å². The van der Waals surface area contributed by atoms with Crippen molar-refractivity contribution in [2.45, 2.75) is 19.4 Å². The van der Waals surface area contributed by atoms with Crippen molar-refractivity contribution >= 4 is 11.5 Å². The van der Waals surface area contributed by atoms with Gasteiger partial charge in [0.2, 0.25) is 5.69 Å². The lowest BCUT2D eigenvalue weighted by atomic mass is 10.1. The van der Waals surface area contributed by atoms with E-state index in [0.29, 0.717) is 5.82 Å². The van der Waals surface area contributed by atoms with Crippen molar-refractivity contribution in [2.24, 2.45) is 0 Å². The molecule has 0 aromatic carbocycles. The number of hydrogen-bond acceptors (Lipinski definition) is 6. The highest BCUT2D eigenvalue weighted by atomic mass is 16.6. The van der Waals surface area contributed by atoms with Crippen molar-refractivity contribution < 1.29 is 10.0 Å². The van der Waals surface area contributed by atoms with Crippen LogP contribution in [0.1, 0.15) is 19.5 Å². The Kier molecular flexibility index (Phi) is 3.60. The molecule has 7 nitrogen and oxygen atoms in total. The van der Waals surface area contributed by atoms with Crippen molar-refractivity contribution in [1.29, 1.82) is 5.26 Å². The summed E-state index contributed by atoms with van der Waals surface area (Å²) >= 11 is 0. The van der Waals surface area contributed by atoms with E-state index in [1.165, 1.54) is 12.1 Å². The van der Waals surface area contributed by atoms with Gasteiger partial charge in [0.1, 0.15) is 11.9 Å². The Bertz CT molecular complexity index is 473. The minimum absolute atomic E-state index is 0.225. The van der Waals surface area contributed by atoms with Gasteiger partial charge in [-0.2, -0.15) is 5.26 Å². The topological polar surface area (TPSA) is 112 Å². The highest BCUT2D eigenvalue weighted by Crippen LogP contribution is 2.18. The molecule has 0 saturated carbocycles. The predicted octanol–water partition coefficient (Wildman–Crippen LogP) is 1.04. The van der Waals surface area contributed by atoms with Crippen molar-refractivity contribution in [1.82, 2.24) is 4.98 Å². The number of rotatable bonds is 4. The summed E-state index contributed by atoms with van der Waals surface area (Å²) in [5, 5.41) is 31.6. The third-order valence-electron chi connectivity index (χ3n) is 1.88. The summed E-state index contributed by atoms with van der Waals surface area (Å²) in [5.74, 6) is 0.314. The number of aromatic nitrogens is 1. The van der Waals surface area contributed by atoms with Crippen molar-refractivity contribution in [3.05, 3.63) is 27.9 Å². The highest BCUT2D eigenvalue weighted by molar-refractivity contribution is 5.50. The van der Waals surface area contributed by atoms with Crippen molar-refractivity contribution in [3.8, 4) is 6.07 Å². The molecule has 0 aliphatic carbocycles. The molecule has 90 valence electrons. The lowest BCUT2D eigenvalue weighted by Gasteiger charge is -2.17. The molecule has 0 aliphatic rings. The van der Waals surface area contributed by atoms with Crippen LogP contribution in [0.2, 0.25) is 0 Å². The Morgan fingerprint density at radius 2 is 2.29 bits per heavy atom. The Balaban J connectivity index is 2.92. The SMILES string of the molecule is CC(C)(O)CNc1ccc([N+](=O)[O-])c(C#N)n1. The quantitative estimate of drug-likeness (QED) is 0.596. The molecule has 2 N–H and O–H groups in total. The van der Waals surface area contributed by atoms with E-state index in [2.05, 4.69) is 10.3 Å². The molecule has 0 aliphatic heterocycles. The largest absolute Gasteiger partial charge is 0.389 e. The van der Waals surface area contributed by atoms with E-state index in [9.17, 15) is 15.2 Å². The van der Waals surface area contributed by atoms with Gasteiger partial charge in [-0.25, -0.2) is 4.98 Å². The van der Waals surface area contributed by atoms with Gasteiger partial charge in [0.25, 0.3) is 0 Å². The number of hydrogen-bond donors (Lipinski definition) is 2. The average molecular weight is 236 g/mol. The molecule has 1 aromatic rings. The van der Waals surface area contributed by atoms with E-state index in [1.54, 1.807) is 19.9 Å². The van der Waals surface area contributed by atoms with Crippen LogP contribution in [-0.2, 0) is 0 Å². The van der Waals surface area contributed by atoms with Crippen LogP contribution in [0.3, 0.4) is 0 Å². The second-order valence-corrected chi connectivity index (χ2v) is 4.10. The van der Waals surface area contributed by atoms with Gasteiger partial charge in [-0.3, -0.25) is 10.1 Å². The van der Waals surface area contributed by atoms with Gasteiger partial charge in [-0.15, -0.1) is 0 Å². The first-order valence-corrected chi connectivity index (χ1v) is 4.85. The van der Waals surface area contributed by atoms with Crippen LogP contribution in [-0.4, -0.2) is 27.2 Å². The van der Waals surface area contributed by atoms with Gasteiger partial charge in [-0.1, -0.05) is 0 Å². The van der Waals surface area contributed by atoms with E-state index in [0.717, 1.165) is 0 Å². The molecule has 0 unspecified atom stereocenters. The molecule has 1 aromatic heterocycles. The summed E-state index contributed by atoms with van der Waals surface area (Å²) in [6.07, 6.45) is 0. The second kappa shape index (κ2) is 4.76. The smallest absolute Gasteiger partial charge is 0.305 e. The zero-order valence-corrected chi connectivity index (χ0v) is 9.47. The first kappa shape index (κ1) is 12.9. The maximum Gasteiger partial charge on any atom is 0.305 e. The summed E-state index contributed by atoms with van der Waals surface area (Å²) in [6.45, 7) is 3.44. The summed E-state index contributed by atoms with van der Waals surface area (Å²) < 4.78 is 0. The van der Waals surface area contributed by atoms with E-state index in [-0.39, 0.29) is 17.9 Å². The summed E-state index contributed by atoms with van der Waals surface area (Å²) in [7, 11) is 0. The molecule has 1 heterocycles. The van der Waals surface area contributed by atoms with Gasteiger partial charge in [0, 0.05) is 12.6 Å². The standard InChI is InChI=1S/C10H12N4O3/c1-10(2,15)6-12-9-4-3-8(14(16)17)7(5-11)13-9/h3-4,15H,6H2,1-2H3,(H,12,13). The monoisotopic (exact) mass is 236 g/mol. The Hall–Kier alpha value is -2.20. The zero-order chi connectivity index (χ0) is 13.1. The molecule has 0 atom stereocenters. The molecule has 0 amide bonds. The molecule has 0 radical (unpaired) electrons. The number of nitrogens with zero attached hydrogens (tertiary/aromatic N) is 3. The molecular weight excluding hydrogens is 224 g/mol. The van der Waals surface area contributed by atoms with Gasteiger partial charge >= 0.3 is 5.69 Å². The normalized spacial score (nSPS) is 10.7. The lowest BCUT2D eigenvalue weighted by molar-refractivity contribution is -0.385. The molecule has 0 saturated heterocycles. The van der Waals surface area contributed by atoms with E-state index in [1.807, 2.05) is 0 Å². The number of nitriles is 1. The summed E-state index contributed by atoms with van der Waals surface area (Å²) in [5.41, 5.74) is -1.52. The third-order valence-corrected chi connectivity index (χ3v) is 1.88. The minimum atomic E-state index is -0.934. The van der Waals surface area contributed by atoms with Crippen LogP contribution in [0, 0.1) is 21.4 Å². The molecule has 0 bridgehead atoms. The van der Waals surface area contributed by atoms with Crippen LogP contribution in [0.4, 0.5) is 11.5 Å². The Morgan fingerprint density at radius 3 is 2.76 bits per heavy atom. The molecule has 0 spiro atoms. The fourth-order valence-electron chi connectivity index (χ4n) is 1.09. The molecular formula is C10H12N4O3.